The molecule has 156 valence electrons. The molecule has 1 atom stereocenters. The Bertz CT molecular complexity index is 536. The molecule has 0 aromatic carbocycles. The zero-order chi connectivity index (χ0) is 18.8. The Morgan fingerprint density at radius 2 is 2.11 bits per heavy atom. The molecule has 7 nitrogen and oxygen atoms in total. The number of aliphatic imine (C=N–C) groups is 1. The summed E-state index contributed by atoms with van der Waals surface area (Å²) < 4.78 is 5.30. The third kappa shape index (κ3) is 8.80. The molecule has 1 fully saturated rings. The molecular weight excluding hydrogens is 457 g/mol. The smallest absolute Gasteiger partial charge is 0.191 e. The molecule has 1 aromatic rings. The Morgan fingerprint density at radius 3 is 2.81 bits per heavy atom. The van der Waals surface area contributed by atoms with Gasteiger partial charge in [-0.3, -0.25) is 0 Å². The van der Waals surface area contributed by atoms with E-state index in [1.807, 2.05) is 6.92 Å². The first-order chi connectivity index (χ1) is 12.5. The van der Waals surface area contributed by atoms with Crippen LogP contribution in [0.2, 0.25) is 0 Å². The van der Waals surface area contributed by atoms with Crippen LogP contribution in [0.5, 0.6) is 0 Å². The molecule has 0 amide bonds. The van der Waals surface area contributed by atoms with E-state index in [1.54, 1.807) is 25.3 Å². The Hall–Kier alpha value is -0.840. The van der Waals surface area contributed by atoms with E-state index in [0.717, 1.165) is 45.1 Å². The molecule has 1 aliphatic heterocycles. The van der Waals surface area contributed by atoms with Crippen molar-refractivity contribution in [3.8, 4) is 0 Å². The van der Waals surface area contributed by atoms with Crippen molar-refractivity contribution in [3.63, 3.8) is 0 Å². The SMILES string of the molecule is CCNC(=NCC(C)(O)c1ccco1)NCCCN1CCCN(C)CC1.I. The second kappa shape index (κ2) is 12.6. The monoisotopic (exact) mass is 493 g/mol. The van der Waals surface area contributed by atoms with E-state index >= 15 is 0 Å². The lowest BCUT2D eigenvalue weighted by Crippen LogP contribution is -2.40. The van der Waals surface area contributed by atoms with E-state index in [-0.39, 0.29) is 30.5 Å². The van der Waals surface area contributed by atoms with Crippen LogP contribution in [0, 0.1) is 0 Å². The molecule has 8 heteroatoms. The summed E-state index contributed by atoms with van der Waals surface area (Å²) in [7, 11) is 2.20. The highest BCUT2D eigenvalue weighted by molar-refractivity contribution is 14.0. The van der Waals surface area contributed by atoms with Crippen LogP contribution in [0.3, 0.4) is 0 Å². The first-order valence-corrected chi connectivity index (χ1v) is 9.70. The number of nitrogens with one attached hydrogen (secondary N) is 2. The highest BCUT2D eigenvalue weighted by Crippen LogP contribution is 2.20. The van der Waals surface area contributed by atoms with Crippen molar-refractivity contribution in [3.05, 3.63) is 24.2 Å². The quantitative estimate of drug-likeness (QED) is 0.222. The van der Waals surface area contributed by atoms with Crippen LogP contribution in [0.25, 0.3) is 0 Å². The van der Waals surface area contributed by atoms with Gasteiger partial charge in [0.2, 0.25) is 0 Å². The lowest BCUT2D eigenvalue weighted by atomic mass is 10.0. The number of likely N-dealkylation sites (N-methyl/N-ethyl adjacent to an activating group) is 1. The van der Waals surface area contributed by atoms with E-state index in [0.29, 0.717) is 5.76 Å². The zero-order valence-electron chi connectivity index (χ0n) is 16.9. The number of hydrogen-bond donors (Lipinski definition) is 3. The first-order valence-electron chi connectivity index (χ1n) is 9.70. The summed E-state index contributed by atoms with van der Waals surface area (Å²) in [5.74, 6) is 1.26. The van der Waals surface area contributed by atoms with E-state index in [2.05, 4.69) is 32.5 Å². The van der Waals surface area contributed by atoms with Crippen molar-refractivity contribution in [1.82, 2.24) is 20.4 Å². The van der Waals surface area contributed by atoms with Gasteiger partial charge in [0.1, 0.15) is 11.4 Å². The molecule has 1 aliphatic rings. The van der Waals surface area contributed by atoms with Crippen molar-refractivity contribution in [2.24, 2.45) is 4.99 Å². The second-order valence-corrected chi connectivity index (χ2v) is 7.23. The molecule has 0 bridgehead atoms. The molecule has 27 heavy (non-hydrogen) atoms. The highest BCUT2D eigenvalue weighted by Gasteiger charge is 2.26. The predicted octanol–water partition coefficient (Wildman–Crippen LogP) is 1.69. The molecule has 1 saturated heterocycles. The topological polar surface area (TPSA) is 76.3 Å². The third-order valence-corrected chi connectivity index (χ3v) is 4.70. The predicted molar refractivity (Wildman–Crippen MR) is 121 cm³/mol. The third-order valence-electron chi connectivity index (χ3n) is 4.70. The number of hydrogen-bond acceptors (Lipinski definition) is 5. The fourth-order valence-corrected chi connectivity index (χ4v) is 3.07. The minimum Gasteiger partial charge on any atom is -0.466 e. The van der Waals surface area contributed by atoms with Gasteiger partial charge in [0.05, 0.1) is 12.8 Å². The molecule has 1 aromatic heterocycles. The normalized spacial score (nSPS) is 19.0. The van der Waals surface area contributed by atoms with Gasteiger partial charge in [-0.15, -0.1) is 24.0 Å². The summed E-state index contributed by atoms with van der Waals surface area (Å²) in [5.41, 5.74) is -1.11. The second-order valence-electron chi connectivity index (χ2n) is 7.23. The summed E-state index contributed by atoms with van der Waals surface area (Å²) in [6.45, 7) is 11.4. The fourth-order valence-electron chi connectivity index (χ4n) is 3.07. The molecule has 0 saturated carbocycles. The van der Waals surface area contributed by atoms with Crippen molar-refractivity contribution in [1.29, 1.82) is 0 Å². The number of guanidine groups is 1. The lowest BCUT2D eigenvalue weighted by molar-refractivity contribution is 0.0437. The summed E-state index contributed by atoms with van der Waals surface area (Å²) in [6.07, 6.45) is 3.89. The minimum atomic E-state index is -1.11. The summed E-state index contributed by atoms with van der Waals surface area (Å²) in [6, 6.07) is 3.55. The number of halogens is 1. The van der Waals surface area contributed by atoms with Gasteiger partial charge < -0.3 is 30.0 Å². The van der Waals surface area contributed by atoms with Gasteiger partial charge in [0.25, 0.3) is 0 Å². The van der Waals surface area contributed by atoms with Gasteiger partial charge in [0.15, 0.2) is 5.96 Å². The van der Waals surface area contributed by atoms with Crippen molar-refractivity contribution >= 4 is 29.9 Å². The molecule has 3 N–H and O–H groups in total. The molecule has 0 spiro atoms. The molecule has 0 radical (unpaired) electrons. The Labute approximate surface area is 180 Å². The van der Waals surface area contributed by atoms with E-state index in [9.17, 15) is 5.11 Å². The van der Waals surface area contributed by atoms with Crippen LogP contribution in [0.15, 0.2) is 27.8 Å². The largest absolute Gasteiger partial charge is 0.466 e. The number of furan rings is 1. The van der Waals surface area contributed by atoms with Crippen LogP contribution < -0.4 is 10.6 Å². The minimum absolute atomic E-state index is 0. The molecule has 2 rings (SSSR count). The van der Waals surface area contributed by atoms with Crippen molar-refractivity contribution < 1.29 is 9.52 Å². The Balaban J connectivity index is 0.00000364. The van der Waals surface area contributed by atoms with Crippen LogP contribution in [-0.2, 0) is 5.60 Å². The molecule has 1 unspecified atom stereocenters. The molecule has 2 heterocycles. The summed E-state index contributed by atoms with van der Waals surface area (Å²) in [4.78, 5) is 9.46. The van der Waals surface area contributed by atoms with Crippen LogP contribution in [0.1, 0.15) is 32.4 Å². The fraction of sp³-hybridized carbons (Fsp3) is 0.737. The first kappa shape index (κ1) is 24.2. The van der Waals surface area contributed by atoms with Gasteiger partial charge in [-0.2, -0.15) is 0 Å². The van der Waals surface area contributed by atoms with Gasteiger partial charge in [-0.1, -0.05) is 0 Å². The van der Waals surface area contributed by atoms with Gasteiger partial charge in [-0.25, -0.2) is 4.99 Å². The van der Waals surface area contributed by atoms with Crippen LogP contribution >= 0.6 is 24.0 Å². The standard InChI is InChI=1S/C19H35N5O2.HI/c1-4-20-18(22-16-19(2,25)17-8-5-15-26-17)21-9-6-11-24-12-7-10-23(3)13-14-24;/h5,8,15,25H,4,6-7,9-14,16H2,1-3H3,(H2,20,21,22);1H. The van der Waals surface area contributed by atoms with Crippen molar-refractivity contribution in [2.45, 2.75) is 32.3 Å². The molecule has 0 aliphatic carbocycles. The number of rotatable bonds is 8. The van der Waals surface area contributed by atoms with E-state index < -0.39 is 5.60 Å². The maximum atomic E-state index is 10.5. The van der Waals surface area contributed by atoms with Crippen molar-refractivity contribution in [2.75, 3.05) is 59.4 Å². The van der Waals surface area contributed by atoms with E-state index in [1.165, 1.54) is 19.5 Å². The van der Waals surface area contributed by atoms with Crippen LogP contribution in [0.4, 0.5) is 0 Å². The maximum Gasteiger partial charge on any atom is 0.191 e. The highest BCUT2D eigenvalue weighted by atomic mass is 127. The van der Waals surface area contributed by atoms with Crippen LogP contribution in [-0.4, -0.2) is 80.3 Å². The van der Waals surface area contributed by atoms with Gasteiger partial charge in [0, 0.05) is 26.2 Å². The van der Waals surface area contributed by atoms with Gasteiger partial charge in [-0.05, 0) is 65.5 Å². The average molecular weight is 493 g/mol. The Kier molecular flexibility index (Phi) is 11.3. The average Bonchev–Trinajstić information content (AvgIpc) is 3.08. The maximum absolute atomic E-state index is 10.5. The van der Waals surface area contributed by atoms with E-state index in [4.69, 9.17) is 4.42 Å². The summed E-state index contributed by atoms with van der Waals surface area (Å²) >= 11 is 0. The number of nitrogens with zero attached hydrogens (tertiary/aromatic N) is 3. The summed E-state index contributed by atoms with van der Waals surface area (Å²) in [5, 5.41) is 17.1. The zero-order valence-corrected chi connectivity index (χ0v) is 19.2. The lowest BCUT2D eigenvalue weighted by Gasteiger charge is -2.21. The number of aliphatic hydroxyl groups is 1. The molecular formula is C19H36IN5O2. The van der Waals surface area contributed by atoms with Gasteiger partial charge >= 0.3 is 0 Å². The Morgan fingerprint density at radius 1 is 1.30 bits per heavy atom.